The molecule has 1 aromatic heterocycles. The molecule has 5 heteroatoms. The minimum Gasteiger partial charge on any atom is -0.396 e. The summed E-state index contributed by atoms with van der Waals surface area (Å²) in [6, 6.07) is 0. The van der Waals surface area contributed by atoms with Crippen molar-refractivity contribution in [3.05, 3.63) is 16.3 Å². The van der Waals surface area contributed by atoms with Gasteiger partial charge >= 0.3 is 5.69 Å². The Balaban J connectivity index is 2.38. The van der Waals surface area contributed by atoms with E-state index in [4.69, 9.17) is 5.11 Å². The van der Waals surface area contributed by atoms with E-state index in [1.54, 1.807) is 11.6 Å². The van der Waals surface area contributed by atoms with Crippen LogP contribution < -0.4 is 5.69 Å². The first-order valence-corrected chi connectivity index (χ1v) is 4.46. The lowest BCUT2D eigenvalue weighted by Gasteiger charge is -2.19. The van der Waals surface area contributed by atoms with Gasteiger partial charge in [-0.3, -0.25) is 4.57 Å². The summed E-state index contributed by atoms with van der Waals surface area (Å²) in [6.07, 6.45) is 1.72. The fraction of sp³-hybridized carbons (Fsp3) is 0.750. The molecule has 0 aliphatic carbocycles. The molecular formula is C8H13N3O2. The van der Waals surface area contributed by atoms with Crippen LogP contribution in [0.3, 0.4) is 0 Å². The molecule has 2 heterocycles. The van der Waals surface area contributed by atoms with E-state index in [1.165, 1.54) is 4.68 Å². The normalized spacial score (nSPS) is 21.5. The maximum atomic E-state index is 11.5. The van der Waals surface area contributed by atoms with Gasteiger partial charge in [0.25, 0.3) is 0 Å². The molecule has 2 rings (SSSR count). The number of aromatic nitrogens is 3. The Morgan fingerprint density at radius 1 is 1.69 bits per heavy atom. The van der Waals surface area contributed by atoms with Crippen LogP contribution in [0.15, 0.2) is 4.79 Å². The predicted octanol–water partition coefficient (Wildman–Crippen LogP) is -0.864. The third-order valence-corrected chi connectivity index (χ3v) is 2.56. The molecule has 1 atom stereocenters. The lowest BCUT2D eigenvalue weighted by atomic mass is 10.0. The average molecular weight is 183 g/mol. The zero-order valence-corrected chi connectivity index (χ0v) is 7.60. The highest BCUT2D eigenvalue weighted by Crippen LogP contribution is 2.15. The minimum atomic E-state index is -0.0758. The van der Waals surface area contributed by atoms with Crippen molar-refractivity contribution in [2.45, 2.75) is 19.4 Å². The molecule has 1 N–H and O–H groups in total. The van der Waals surface area contributed by atoms with Crippen LogP contribution in [0.25, 0.3) is 0 Å². The van der Waals surface area contributed by atoms with E-state index in [-0.39, 0.29) is 18.2 Å². The highest BCUT2D eigenvalue weighted by molar-refractivity contribution is 4.92. The van der Waals surface area contributed by atoms with Gasteiger partial charge in [0.05, 0.1) is 0 Å². The summed E-state index contributed by atoms with van der Waals surface area (Å²) >= 11 is 0. The van der Waals surface area contributed by atoms with E-state index < -0.39 is 0 Å². The van der Waals surface area contributed by atoms with Crippen molar-refractivity contribution < 1.29 is 5.11 Å². The first kappa shape index (κ1) is 8.50. The quantitative estimate of drug-likeness (QED) is 0.616. The Kier molecular flexibility index (Phi) is 1.95. The standard InChI is InChI=1S/C8H13N3O2/c1-10-8(13)11-4-6(5-12)2-3-7(11)9-10/h6,12H,2-5H2,1H3. The fourth-order valence-electron chi connectivity index (χ4n) is 1.76. The summed E-state index contributed by atoms with van der Waals surface area (Å²) in [5, 5.41) is 13.1. The number of fused-ring (bicyclic) bond motifs is 1. The summed E-state index contributed by atoms with van der Waals surface area (Å²) in [5.74, 6) is 1.06. The molecule has 0 saturated carbocycles. The molecule has 1 aromatic rings. The van der Waals surface area contributed by atoms with Crippen LogP contribution in [0.2, 0.25) is 0 Å². The molecular weight excluding hydrogens is 170 g/mol. The summed E-state index contributed by atoms with van der Waals surface area (Å²) in [4.78, 5) is 11.5. The van der Waals surface area contributed by atoms with Gasteiger partial charge in [-0.15, -0.1) is 0 Å². The van der Waals surface area contributed by atoms with Crippen LogP contribution in [0.1, 0.15) is 12.2 Å². The highest BCUT2D eigenvalue weighted by Gasteiger charge is 2.21. The Bertz CT molecular complexity index is 366. The molecule has 0 bridgehead atoms. The highest BCUT2D eigenvalue weighted by atomic mass is 16.3. The zero-order chi connectivity index (χ0) is 9.42. The van der Waals surface area contributed by atoms with Crippen molar-refractivity contribution in [1.82, 2.24) is 14.3 Å². The van der Waals surface area contributed by atoms with Crippen LogP contribution in [-0.4, -0.2) is 26.1 Å². The predicted molar refractivity (Wildman–Crippen MR) is 46.4 cm³/mol. The van der Waals surface area contributed by atoms with Gasteiger partial charge in [-0.25, -0.2) is 9.48 Å². The van der Waals surface area contributed by atoms with Crippen LogP contribution in [0.4, 0.5) is 0 Å². The molecule has 1 unspecified atom stereocenters. The van der Waals surface area contributed by atoms with E-state index in [9.17, 15) is 4.79 Å². The van der Waals surface area contributed by atoms with Crippen LogP contribution in [0.5, 0.6) is 0 Å². The first-order chi connectivity index (χ1) is 6.22. The van der Waals surface area contributed by atoms with Crippen molar-refractivity contribution in [1.29, 1.82) is 0 Å². The van der Waals surface area contributed by atoms with Crippen molar-refractivity contribution in [3.8, 4) is 0 Å². The largest absolute Gasteiger partial charge is 0.396 e. The minimum absolute atomic E-state index is 0.0758. The summed E-state index contributed by atoms with van der Waals surface area (Å²) in [6.45, 7) is 0.763. The molecule has 13 heavy (non-hydrogen) atoms. The van der Waals surface area contributed by atoms with Gasteiger partial charge in [0.2, 0.25) is 0 Å². The number of aryl methyl sites for hydroxylation is 2. The van der Waals surface area contributed by atoms with Gasteiger partial charge in [-0.05, 0) is 6.42 Å². The number of hydrogen-bond donors (Lipinski definition) is 1. The van der Waals surface area contributed by atoms with Gasteiger partial charge in [0.1, 0.15) is 5.82 Å². The maximum Gasteiger partial charge on any atom is 0.345 e. The summed E-state index contributed by atoms with van der Waals surface area (Å²) < 4.78 is 3.01. The van der Waals surface area contributed by atoms with Crippen LogP contribution >= 0.6 is 0 Å². The second-order valence-electron chi connectivity index (χ2n) is 3.52. The number of hydrogen-bond acceptors (Lipinski definition) is 3. The van der Waals surface area contributed by atoms with Crippen molar-refractivity contribution >= 4 is 0 Å². The van der Waals surface area contributed by atoms with Gasteiger partial charge in [0, 0.05) is 32.5 Å². The zero-order valence-electron chi connectivity index (χ0n) is 7.60. The molecule has 1 aliphatic rings. The van der Waals surface area contributed by atoms with Crippen molar-refractivity contribution in [3.63, 3.8) is 0 Å². The number of aliphatic hydroxyl groups excluding tert-OH is 1. The third-order valence-electron chi connectivity index (χ3n) is 2.56. The molecule has 0 spiro atoms. The topological polar surface area (TPSA) is 60.0 Å². The maximum absolute atomic E-state index is 11.5. The van der Waals surface area contributed by atoms with Gasteiger partial charge in [-0.1, -0.05) is 0 Å². The number of aliphatic hydroxyl groups is 1. The Hall–Kier alpha value is -1.10. The number of rotatable bonds is 1. The van der Waals surface area contributed by atoms with Gasteiger partial charge < -0.3 is 5.11 Å². The SMILES string of the molecule is Cn1nc2n(c1=O)CC(CO)CC2. The summed E-state index contributed by atoms with van der Waals surface area (Å²) in [5.41, 5.74) is -0.0758. The lowest BCUT2D eigenvalue weighted by molar-refractivity contribution is 0.189. The molecule has 0 radical (unpaired) electrons. The monoisotopic (exact) mass is 183 g/mol. The fourth-order valence-corrected chi connectivity index (χ4v) is 1.76. The van der Waals surface area contributed by atoms with Crippen molar-refractivity contribution in [2.24, 2.45) is 13.0 Å². The number of nitrogens with zero attached hydrogens (tertiary/aromatic N) is 3. The lowest BCUT2D eigenvalue weighted by Crippen LogP contribution is -2.31. The van der Waals surface area contributed by atoms with E-state index in [0.717, 1.165) is 18.7 Å². The molecule has 0 amide bonds. The average Bonchev–Trinajstić information content (AvgIpc) is 2.43. The molecule has 1 aliphatic heterocycles. The van der Waals surface area contributed by atoms with Crippen LogP contribution in [0, 0.1) is 5.92 Å². The molecule has 5 nitrogen and oxygen atoms in total. The van der Waals surface area contributed by atoms with Crippen LogP contribution in [-0.2, 0) is 20.0 Å². The Morgan fingerprint density at radius 3 is 3.15 bits per heavy atom. The Labute approximate surface area is 75.6 Å². The molecule has 0 fully saturated rings. The van der Waals surface area contributed by atoms with E-state index >= 15 is 0 Å². The van der Waals surface area contributed by atoms with Crippen molar-refractivity contribution in [2.75, 3.05) is 6.61 Å². The van der Waals surface area contributed by atoms with Gasteiger partial charge in [-0.2, -0.15) is 5.10 Å². The summed E-state index contributed by atoms with van der Waals surface area (Å²) in [7, 11) is 1.65. The van der Waals surface area contributed by atoms with E-state index in [1.807, 2.05) is 0 Å². The van der Waals surface area contributed by atoms with E-state index in [2.05, 4.69) is 5.10 Å². The van der Waals surface area contributed by atoms with E-state index in [0.29, 0.717) is 6.54 Å². The Morgan fingerprint density at radius 2 is 2.46 bits per heavy atom. The first-order valence-electron chi connectivity index (χ1n) is 4.46. The smallest absolute Gasteiger partial charge is 0.345 e. The molecule has 72 valence electrons. The second-order valence-corrected chi connectivity index (χ2v) is 3.52. The van der Waals surface area contributed by atoms with Gasteiger partial charge in [0.15, 0.2) is 0 Å². The molecule has 0 aromatic carbocycles. The molecule has 0 saturated heterocycles. The third kappa shape index (κ3) is 1.29. The second kappa shape index (κ2) is 2.99.